The Balaban J connectivity index is 1.48. The number of rotatable bonds is 5. The molecule has 4 rings (SSSR count). The number of benzene rings is 3. The number of aryl methyl sites for hydroxylation is 1. The molecular weight excluding hydrogens is 350 g/mol. The quantitative estimate of drug-likeness (QED) is 0.580. The van der Waals surface area contributed by atoms with Gasteiger partial charge in [0.05, 0.1) is 24.3 Å². The van der Waals surface area contributed by atoms with Gasteiger partial charge in [-0.15, -0.1) is 0 Å². The summed E-state index contributed by atoms with van der Waals surface area (Å²) in [6.45, 7) is 2.40. The average molecular weight is 371 g/mol. The molecule has 0 aliphatic carbocycles. The maximum absolute atomic E-state index is 12.5. The van der Waals surface area contributed by atoms with E-state index in [9.17, 15) is 9.59 Å². The lowest BCUT2D eigenvalue weighted by molar-refractivity contribution is -0.122. The number of nitrogens with one attached hydrogen (secondary N) is 1. The Morgan fingerprint density at radius 2 is 1.71 bits per heavy atom. The fraction of sp³-hybridized carbons (Fsp3) is 0.174. The molecule has 4 aromatic rings. The molecule has 1 heterocycles. The van der Waals surface area contributed by atoms with Gasteiger partial charge in [-0.3, -0.25) is 14.3 Å². The average Bonchev–Trinajstić information content (AvgIpc) is 2.73. The first-order chi connectivity index (χ1) is 13.6. The molecular formula is C23H21N3O2. The standard InChI is InChI=1S/C23H21N3O2/c1-16(18-11-6-8-17-7-2-3-9-19(17)18)25-23(28)13-14-26-21-12-5-4-10-20(21)22(27)15-24-26/h2-12,15-16H,13-14H2,1H3,(H,25,28)/t16-/m0/s1. The number of amides is 1. The second-order valence-corrected chi connectivity index (χ2v) is 6.86. The van der Waals surface area contributed by atoms with Crippen LogP contribution in [0.5, 0.6) is 0 Å². The van der Waals surface area contributed by atoms with Crippen molar-refractivity contribution in [3.8, 4) is 0 Å². The van der Waals surface area contributed by atoms with E-state index in [2.05, 4.69) is 28.6 Å². The van der Waals surface area contributed by atoms with Gasteiger partial charge in [0.15, 0.2) is 0 Å². The van der Waals surface area contributed by atoms with Gasteiger partial charge in [-0.2, -0.15) is 5.10 Å². The first-order valence-electron chi connectivity index (χ1n) is 9.35. The molecule has 0 saturated heterocycles. The zero-order valence-electron chi connectivity index (χ0n) is 15.6. The lowest BCUT2D eigenvalue weighted by Gasteiger charge is -2.17. The Labute approximate surface area is 162 Å². The van der Waals surface area contributed by atoms with Gasteiger partial charge in [-0.25, -0.2) is 0 Å². The summed E-state index contributed by atoms with van der Waals surface area (Å²) in [5, 5.41) is 10.2. The Kier molecular flexibility index (Phi) is 4.89. The number of carbonyl (C=O) groups is 1. The molecule has 1 atom stereocenters. The van der Waals surface area contributed by atoms with E-state index in [-0.39, 0.29) is 23.8 Å². The third-order valence-electron chi connectivity index (χ3n) is 4.98. The number of fused-ring (bicyclic) bond motifs is 2. The SMILES string of the molecule is C[C@H](NC(=O)CCn1ncc(=O)c2ccccc21)c1cccc2ccccc12. The monoisotopic (exact) mass is 371 g/mol. The molecule has 0 fully saturated rings. The van der Waals surface area contributed by atoms with Crippen LogP contribution in [-0.2, 0) is 11.3 Å². The van der Waals surface area contributed by atoms with Crippen molar-refractivity contribution < 1.29 is 4.79 Å². The summed E-state index contributed by atoms with van der Waals surface area (Å²) in [5.41, 5.74) is 1.73. The minimum Gasteiger partial charge on any atom is -0.350 e. The fourth-order valence-electron chi connectivity index (χ4n) is 3.57. The third kappa shape index (κ3) is 3.51. The van der Waals surface area contributed by atoms with Gasteiger partial charge < -0.3 is 5.32 Å². The van der Waals surface area contributed by atoms with Crippen molar-refractivity contribution in [2.24, 2.45) is 0 Å². The first-order valence-corrected chi connectivity index (χ1v) is 9.35. The van der Waals surface area contributed by atoms with Gasteiger partial charge in [0.25, 0.3) is 0 Å². The Morgan fingerprint density at radius 1 is 1.00 bits per heavy atom. The van der Waals surface area contributed by atoms with Crippen molar-refractivity contribution in [3.63, 3.8) is 0 Å². The molecule has 1 N–H and O–H groups in total. The molecule has 0 aliphatic heterocycles. The summed E-state index contributed by atoms with van der Waals surface area (Å²) < 4.78 is 1.71. The fourth-order valence-corrected chi connectivity index (χ4v) is 3.57. The summed E-state index contributed by atoms with van der Waals surface area (Å²) in [6, 6.07) is 21.5. The molecule has 5 nitrogen and oxygen atoms in total. The lowest BCUT2D eigenvalue weighted by Crippen LogP contribution is -2.28. The molecule has 1 amide bonds. The Bertz CT molecular complexity index is 1210. The van der Waals surface area contributed by atoms with Crippen molar-refractivity contribution in [2.45, 2.75) is 25.9 Å². The van der Waals surface area contributed by atoms with Gasteiger partial charge in [-0.05, 0) is 35.4 Å². The van der Waals surface area contributed by atoms with E-state index in [0.29, 0.717) is 11.9 Å². The zero-order valence-corrected chi connectivity index (χ0v) is 15.6. The van der Waals surface area contributed by atoms with Crippen molar-refractivity contribution >= 4 is 27.6 Å². The van der Waals surface area contributed by atoms with Crippen LogP contribution < -0.4 is 10.7 Å². The number of carbonyl (C=O) groups excluding carboxylic acids is 1. The predicted molar refractivity (Wildman–Crippen MR) is 111 cm³/mol. The Morgan fingerprint density at radius 3 is 2.57 bits per heavy atom. The molecule has 28 heavy (non-hydrogen) atoms. The van der Waals surface area contributed by atoms with E-state index < -0.39 is 0 Å². The number of para-hydroxylation sites is 1. The van der Waals surface area contributed by atoms with E-state index in [4.69, 9.17) is 0 Å². The van der Waals surface area contributed by atoms with E-state index in [0.717, 1.165) is 21.9 Å². The second kappa shape index (κ2) is 7.64. The van der Waals surface area contributed by atoms with Gasteiger partial charge in [0.2, 0.25) is 11.3 Å². The lowest BCUT2D eigenvalue weighted by atomic mass is 9.99. The number of hydrogen-bond donors (Lipinski definition) is 1. The minimum absolute atomic E-state index is 0.0509. The molecule has 0 saturated carbocycles. The first kappa shape index (κ1) is 17.9. The van der Waals surface area contributed by atoms with Gasteiger partial charge >= 0.3 is 0 Å². The summed E-state index contributed by atoms with van der Waals surface area (Å²) >= 11 is 0. The van der Waals surface area contributed by atoms with E-state index in [1.54, 1.807) is 10.7 Å². The minimum atomic E-state index is -0.110. The Hall–Kier alpha value is -3.47. The highest BCUT2D eigenvalue weighted by atomic mass is 16.1. The van der Waals surface area contributed by atoms with Crippen LogP contribution in [0.25, 0.3) is 21.7 Å². The topological polar surface area (TPSA) is 64.0 Å². The highest BCUT2D eigenvalue weighted by molar-refractivity contribution is 5.87. The van der Waals surface area contributed by atoms with Crippen molar-refractivity contribution in [3.05, 3.63) is 88.7 Å². The predicted octanol–water partition coefficient (Wildman–Crippen LogP) is 3.82. The van der Waals surface area contributed by atoms with E-state index in [1.807, 2.05) is 49.4 Å². The smallest absolute Gasteiger partial charge is 0.222 e. The summed E-state index contributed by atoms with van der Waals surface area (Å²) in [5.74, 6) is -0.0509. The van der Waals surface area contributed by atoms with Gasteiger partial charge in [-0.1, -0.05) is 54.6 Å². The maximum Gasteiger partial charge on any atom is 0.222 e. The normalized spacial score (nSPS) is 12.2. The molecule has 5 heteroatoms. The molecule has 1 aromatic heterocycles. The number of nitrogens with zero attached hydrogens (tertiary/aromatic N) is 2. The largest absolute Gasteiger partial charge is 0.350 e. The summed E-state index contributed by atoms with van der Waals surface area (Å²) in [4.78, 5) is 24.4. The van der Waals surface area contributed by atoms with Crippen LogP contribution in [0, 0.1) is 0 Å². The molecule has 0 unspecified atom stereocenters. The second-order valence-electron chi connectivity index (χ2n) is 6.86. The van der Waals surface area contributed by atoms with Crippen LogP contribution in [0.1, 0.15) is 24.9 Å². The third-order valence-corrected chi connectivity index (χ3v) is 4.98. The molecule has 3 aromatic carbocycles. The number of hydrogen-bond acceptors (Lipinski definition) is 3. The molecule has 0 aliphatic rings. The highest BCUT2D eigenvalue weighted by Crippen LogP contribution is 2.24. The molecule has 0 bridgehead atoms. The zero-order chi connectivity index (χ0) is 19.5. The highest BCUT2D eigenvalue weighted by Gasteiger charge is 2.13. The van der Waals surface area contributed by atoms with E-state index >= 15 is 0 Å². The van der Waals surface area contributed by atoms with Gasteiger partial charge in [0.1, 0.15) is 0 Å². The maximum atomic E-state index is 12.5. The van der Waals surface area contributed by atoms with Crippen LogP contribution in [0.2, 0.25) is 0 Å². The van der Waals surface area contributed by atoms with E-state index in [1.165, 1.54) is 6.20 Å². The van der Waals surface area contributed by atoms with Crippen LogP contribution in [0.15, 0.2) is 77.7 Å². The van der Waals surface area contributed by atoms with Gasteiger partial charge in [0, 0.05) is 11.8 Å². The van der Waals surface area contributed by atoms with Crippen LogP contribution in [-0.4, -0.2) is 15.7 Å². The summed E-state index contributed by atoms with van der Waals surface area (Å²) in [6.07, 6.45) is 1.59. The van der Waals surface area contributed by atoms with Crippen LogP contribution in [0.4, 0.5) is 0 Å². The molecule has 0 spiro atoms. The molecule has 140 valence electrons. The van der Waals surface area contributed by atoms with Crippen molar-refractivity contribution in [1.29, 1.82) is 0 Å². The summed E-state index contributed by atoms with van der Waals surface area (Å²) in [7, 11) is 0. The van der Waals surface area contributed by atoms with Crippen LogP contribution >= 0.6 is 0 Å². The molecule has 0 radical (unpaired) electrons. The number of aromatic nitrogens is 2. The van der Waals surface area contributed by atoms with Crippen LogP contribution in [0.3, 0.4) is 0 Å². The van der Waals surface area contributed by atoms with Crippen molar-refractivity contribution in [1.82, 2.24) is 15.1 Å². The van der Waals surface area contributed by atoms with Crippen molar-refractivity contribution in [2.75, 3.05) is 0 Å².